The average Bonchev–Trinajstić information content (AvgIpc) is 3.32. The zero-order chi connectivity index (χ0) is 14.8. The molecule has 3 heteroatoms. The van der Waals surface area contributed by atoms with Crippen molar-refractivity contribution < 1.29 is 4.74 Å². The molecule has 3 rings (SSSR count). The Kier molecular flexibility index (Phi) is 4.39. The van der Waals surface area contributed by atoms with Gasteiger partial charge in [-0.3, -0.25) is 0 Å². The molecule has 1 saturated heterocycles. The van der Waals surface area contributed by atoms with Gasteiger partial charge in [0.05, 0.1) is 6.10 Å². The van der Waals surface area contributed by atoms with Crippen LogP contribution in [0, 0.1) is 5.92 Å². The molecule has 1 saturated carbocycles. The minimum Gasteiger partial charge on any atom is -0.491 e. The van der Waals surface area contributed by atoms with Crippen LogP contribution in [-0.2, 0) is 0 Å². The van der Waals surface area contributed by atoms with Gasteiger partial charge in [-0.2, -0.15) is 0 Å². The van der Waals surface area contributed by atoms with Crippen LogP contribution in [0.2, 0.25) is 0 Å². The van der Waals surface area contributed by atoms with Crippen LogP contribution in [0.5, 0.6) is 5.75 Å². The van der Waals surface area contributed by atoms with Crippen molar-refractivity contribution in [2.75, 3.05) is 18.0 Å². The minimum absolute atomic E-state index is 0.278. The van der Waals surface area contributed by atoms with Crippen LogP contribution in [0.25, 0.3) is 0 Å². The highest BCUT2D eigenvalue weighted by molar-refractivity contribution is 5.52. The van der Waals surface area contributed by atoms with Crippen molar-refractivity contribution in [3.63, 3.8) is 0 Å². The van der Waals surface area contributed by atoms with E-state index in [4.69, 9.17) is 4.74 Å². The van der Waals surface area contributed by atoms with Gasteiger partial charge in [-0.25, -0.2) is 0 Å². The van der Waals surface area contributed by atoms with E-state index < -0.39 is 0 Å². The number of anilines is 1. The Morgan fingerprint density at radius 2 is 2.19 bits per heavy atom. The van der Waals surface area contributed by atoms with E-state index in [2.05, 4.69) is 55.3 Å². The lowest BCUT2D eigenvalue weighted by Gasteiger charge is -2.40. The number of ether oxygens (including phenoxy) is 1. The Hall–Kier alpha value is -1.22. The molecular formula is C18H28N2O. The molecule has 2 aliphatic rings. The van der Waals surface area contributed by atoms with Crippen molar-refractivity contribution in [1.82, 2.24) is 5.32 Å². The van der Waals surface area contributed by atoms with Gasteiger partial charge in [0.1, 0.15) is 5.75 Å². The van der Waals surface area contributed by atoms with E-state index in [0.29, 0.717) is 12.1 Å². The fraction of sp³-hybridized carbons (Fsp3) is 0.667. The van der Waals surface area contributed by atoms with Crippen molar-refractivity contribution >= 4 is 5.69 Å². The van der Waals surface area contributed by atoms with Crippen LogP contribution in [0.3, 0.4) is 0 Å². The first kappa shape index (κ1) is 14.7. The summed E-state index contributed by atoms with van der Waals surface area (Å²) in [4.78, 5) is 2.54. The zero-order valence-electron chi connectivity index (χ0n) is 13.5. The predicted molar refractivity (Wildman–Crippen MR) is 88.1 cm³/mol. The van der Waals surface area contributed by atoms with E-state index in [-0.39, 0.29) is 6.10 Å². The maximum Gasteiger partial charge on any atom is 0.121 e. The summed E-state index contributed by atoms with van der Waals surface area (Å²) >= 11 is 0. The fourth-order valence-electron chi connectivity index (χ4n) is 3.11. The molecule has 21 heavy (non-hydrogen) atoms. The molecule has 116 valence electrons. The molecular weight excluding hydrogens is 260 g/mol. The standard InChI is InChI=1S/C18H28N2O/c1-4-14(3)21-17-7-5-6-16(10-17)20-12-18(15-8-9-15)19-11-13(20)2/h5-7,10,13-15,18-19H,4,8-9,11-12H2,1-3H3. The van der Waals surface area contributed by atoms with E-state index in [1.807, 2.05) is 0 Å². The van der Waals surface area contributed by atoms with Crippen molar-refractivity contribution in [1.29, 1.82) is 0 Å². The van der Waals surface area contributed by atoms with E-state index in [1.165, 1.54) is 18.5 Å². The molecule has 0 spiro atoms. The number of hydrogen-bond donors (Lipinski definition) is 1. The zero-order valence-corrected chi connectivity index (χ0v) is 13.5. The first-order valence-corrected chi connectivity index (χ1v) is 8.44. The molecule has 0 radical (unpaired) electrons. The number of hydrogen-bond acceptors (Lipinski definition) is 3. The molecule has 1 aliphatic heterocycles. The summed E-state index contributed by atoms with van der Waals surface area (Å²) in [6, 6.07) is 9.82. The molecule has 0 bridgehead atoms. The lowest BCUT2D eigenvalue weighted by atomic mass is 10.1. The van der Waals surface area contributed by atoms with Crippen LogP contribution in [0.4, 0.5) is 5.69 Å². The monoisotopic (exact) mass is 288 g/mol. The van der Waals surface area contributed by atoms with Crippen LogP contribution in [0.15, 0.2) is 24.3 Å². The molecule has 3 unspecified atom stereocenters. The molecule has 0 amide bonds. The number of piperazine rings is 1. The fourth-order valence-corrected chi connectivity index (χ4v) is 3.11. The van der Waals surface area contributed by atoms with Crippen LogP contribution in [-0.4, -0.2) is 31.3 Å². The Morgan fingerprint density at radius 1 is 1.38 bits per heavy atom. The highest BCUT2D eigenvalue weighted by Gasteiger charge is 2.36. The smallest absolute Gasteiger partial charge is 0.121 e. The summed E-state index contributed by atoms with van der Waals surface area (Å²) < 4.78 is 5.97. The maximum atomic E-state index is 5.97. The Balaban J connectivity index is 1.73. The second-order valence-electron chi connectivity index (χ2n) is 6.69. The maximum absolute atomic E-state index is 5.97. The summed E-state index contributed by atoms with van der Waals surface area (Å²) in [6.45, 7) is 8.80. The molecule has 1 aromatic rings. The lowest BCUT2D eigenvalue weighted by molar-refractivity contribution is 0.217. The topological polar surface area (TPSA) is 24.5 Å². The molecule has 1 heterocycles. The molecule has 3 atom stereocenters. The van der Waals surface area contributed by atoms with E-state index in [9.17, 15) is 0 Å². The average molecular weight is 288 g/mol. The summed E-state index contributed by atoms with van der Waals surface area (Å²) in [7, 11) is 0. The first-order valence-electron chi connectivity index (χ1n) is 8.44. The second kappa shape index (κ2) is 6.27. The predicted octanol–water partition coefficient (Wildman–Crippen LogP) is 3.44. The number of rotatable bonds is 5. The quantitative estimate of drug-likeness (QED) is 0.898. The third-order valence-corrected chi connectivity index (χ3v) is 4.85. The SMILES string of the molecule is CCC(C)Oc1cccc(N2CC(C3CC3)NCC2C)c1. The molecule has 1 N–H and O–H groups in total. The Morgan fingerprint density at radius 3 is 2.90 bits per heavy atom. The van der Waals surface area contributed by atoms with Gasteiger partial charge in [0, 0.05) is 36.9 Å². The number of nitrogens with zero attached hydrogens (tertiary/aromatic N) is 1. The highest BCUT2D eigenvalue weighted by Crippen LogP contribution is 2.35. The van der Waals surface area contributed by atoms with Gasteiger partial charge >= 0.3 is 0 Å². The minimum atomic E-state index is 0.278. The third kappa shape index (κ3) is 3.52. The van der Waals surface area contributed by atoms with Gasteiger partial charge in [0.2, 0.25) is 0 Å². The number of nitrogens with one attached hydrogen (secondary N) is 1. The highest BCUT2D eigenvalue weighted by atomic mass is 16.5. The molecule has 0 aromatic heterocycles. The molecule has 2 fully saturated rings. The van der Waals surface area contributed by atoms with Crippen LogP contribution in [0.1, 0.15) is 40.0 Å². The Bertz CT molecular complexity index is 472. The van der Waals surface area contributed by atoms with Gasteiger partial charge in [-0.15, -0.1) is 0 Å². The van der Waals surface area contributed by atoms with Crippen LogP contribution < -0.4 is 15.0 Å². The Labute approximate surface area is 128 Å². The normalized spacial score (nSPS) is 27.5. The van der Waals surface area contributed by atoms with E-state index in [0.717, 1.165) is 31.2 Å². The van der Waals surface area contributed by atoms with Crippen LogP contribution >= 0.6 is 0 Å². The van der Waals surface area contributed by atoms with Gasteiger partial charge in [-0.05, 0) is 51.2 Å². The molecule has 1 aromatic carbocycles. The lowest BCUT2D eigenvalue weighted by Crippen LogP contribution is -2.56. The summed E-state index contributed by atoms with van der Waals surface area (Å²) in [5, 5.41) is 3.71. The first-order chi connectivity index (χ1) is 10.2. The van der Waals surface area contributed by atoms with Crippen molar-refractivity contribution in [3.05, 3.63) is 24.3 Å². The molecule has 3 nitrogen and oxygen atoms in total. The van der Waals surface area contributed by atoms with Crippen molar-refractivity contribution in [2.24, 2.45) is 5.92 Å². The van der Waals surface area contributed by atoms with Gasteiger partial charge in [0.25, 0.3) is 0 Å². The number of benzene rings is 1. The van der Waals surface area contributed by atoms with Gasteiger partial charge in [-0.1, -0.05) is 13.0 Å². The summed E-state index contributed by atoms with van der Waals surface area (Å²) in [6.07, 6.45) is 4.12. The van der Waals surface area contributed by atoms with Crippen molar-refractivity contribution in [2.45, 2.75) is 58.2 Å². The molecule has 1 aliphatic carbocycles. The summed E-state index contributed by atoms with van der Waals surface area (Å²) in [5.41, 5.74) is 1.30. The van der Waals surface area contributed by atoms with Crippen molar-refractivity contribution in [3.8, 4) is 5.75 Å². The van der Waals surface area contributed by atoms with Gasteiger partial charge < -0.3 is 15.0 Å². The van der Waals surface area contributed by atoms with E-state index in [1.54, 1.807) is 0 Å². The largest absolute Gasteiger partial charge is 0.491 e. The second-order valence-corrected chi connectivity index (χ2v) is 6.69. The summed E-state index contributed by atoms with van der Waals surface area (Å²) in [5.74, 6) is 1.90. The van der Waals surface area contributed by atoms with Gasteiger partial charge in [0.15, 0.2) is 0 Å². The third-order valence-electron chi connectivity index (χ3n) is 4.85. The van der Waals surface area contributed by atoms with E-state index >= 15 is 0 Å².